The summed E-state index contributed by atoms with van der Waals surface area (Å²) in [5.74, 6) is 1.27. The maximum Gasteiger partial charge on any atom is 0.387 e. The Balaban J connectivity index is 2.23. The lowest BCUT2D eigenvalue weighted by Gasteiger charge is -2.30. The largest absolute Gasteiger partial charge is 0.435 e. The highest BCUT2D eigenvalue weighted by molar-refractivity contribution is 5.29. The second kappa shape index (κ2) is 11.3. The number of aryl methyl sites for hydroxylation is 2. The van der Waals surface area contributed by atoms with E-state index in [-0.39, 0.29) is 11.8 Å². The Bertz CT molecular complexity index is 743. The highest BCUT2D eigenvalue weighted by atomic mass is 19.3. The second-order valence-corrected chi connectivity index (χ2v) is 7.64. The van der Waals surface area contributed by atoms with Crippen molar-refractivity contribution in [3.63, 3.8) is 0 Å². The number of hydrogen-bond donors (Lipinski definition) is 0. The average molecular weight is 408 g/mol. The van der Waals surface area contributed by atoms with Crippen LogP contribution in [0.5, 0.6) is 5.75 Å². The first-order chi connectivity index (χ1) is 13.9. The minimum absolute atomic E-state index is 0.163. The molecule has 0 saturated heterocycles. The van der Waals surface area contributed by atoms with Gasteiger partial charge >= 0.3 is 6.61 Å². The number of unbranched alkanes of at least 4 members (excludes halogenated alkanes) is 2. The van der Waals surface area contributed by atoms with Crippen LogP contribution in [0.1, 0.15) is 75.3 Å². The summed E-state index contributed by atoms with van der Waals surface area (Å²) in [4.78, 5) is 7.17. The van der Waals surface area contributed by atoms with Crippen molar-refractivity contribution in [1.82, 2.24) is 14.5 Å². The molecule has 1 heterocycles. The van der Waals surface area contributed by atoms with Gasteiger partial charge in [0.05, 0.1) is 11.4 Å². The lowest BCUT2D eigenvalue weighted by Crippen LogP contribution is -2.29. The summed E-state index contributed by atoms with van der Waals surface area (Å²) < 4.78 is 31.7. The Hall–Kier alpha value is -1.95. The summed E-state index contributed by atoms with van der Waals surface area (Å²) in [7, 11) is 0. The van der Waals surface area contributed by atoms with Crippen LogP contribution in [0.3, 0.4) is 0 Å². The fraction of sp³-hybridized carbons (Fsp3) is 0.609. The summed E-state index contributed by atoms with van der Waals surface area (Å²) in [5.41, 5.74) is 3.46. The quantitative estimate of drug-likeness (QED) is 0.416. The Labute approximate surface area is 173 Å². The van der Waals surface area contributed by atoms with E-state index < -0.39 is 6.61 Å². The molecule has 1 aromatic carbocycles. The van der Waals surface area contributed by atoms with E-state index in [4.69, 9.17) is 4.98 Å². The molecule has 0 amide bonds. The maximum atomic E-state index is 12.4. The van der Waals surface area contributed by atoms with E-state index in [0.29, 0.717) is 0 Å². The van der Waals surface area contributed by atoms with Crippen LogP contribution in [-0.2, 0) is 13.1 Å². The van der Waals surface area contributed by atoms with Gasteiger partial charge in [0.25, 0.3) is 0 Å². The third-order valence-corrected chi connectivity index (χ3v) is 5.49. The van der Waals surface area contributed by atoms with E-state index in [1.54, 1.807) is 12.1 Å². The van der Waals surface area contributed by atoms with Gasteiger partial charge in [-0.15, -0.1) is 0 Å². The molecular formula is C23H35F2N3O. The van der Waals surface area contributed by atoms with Gasteiger partial charge in [0.2, 0.25) is 0 Å². The highest BCUT2D eigenvalue weighted by Crippen LogP contribution is 2.27. The first kappa shape index (κ1) is 23.3. The normalized spacial score (nSPS) is 12.7. The lowest BCUT2D eigenvalue weighted by atomic mass is 10.1. The van der Waals surface area contributed by atoms with E-state index in [1.165, 1.54) is 5.69 Å². The van der Waals surface area contributed by atoms with Gasteiger partial charge in [-0.3, -0.25) is 4.90 Å². The third-order valence-electron chi connectivity index (χ3n) is 5.49. The van der Waals surface area contributed by atoms with Gasteiger partial charge < -0.3 is 9.30 Å². The lowest BCUT2D eigenvalue weighted by molar-refractivity contribution is -0.0498. The number of hydrogen-bond acceptors (Lipinski definition) is 3. The van der Waals surface area contributed by atoms with Crippen LogP contribution in [-0.4, -0.2) is 27.6 Å². The molecule has 162 valence electrons. The molecule has 0 aliphatic carbocycles. The summed E-state index contributed by atoms with van der Waals surface area (Å²) in [6, 6.07) is 7.17. The van der Waals surface area contributed by atoms with Crippen molar-refractivity contribution >= 4 is 0 Å². The molecule has 0 spiro atoms. The molecule has 1 unspecified atom stereocenters. The molecule has 2 rings (SSSR count). The van der Waals surface area contributed by atoms with Crippen LogP contribution >= 0.6 is 0 Å². The Morgan fingerprint density at radius 2 is 1.72 bits per heavy atom. The molecule has 1 atom stereocenters. The second-order valence-electron chi connectivity index (χ2n) is 7.64. The molecule has 0 bridgehead atoms. The minimum Gasteiger partial charge on any atom is -0.435 e. The maximum absolute atomic E-state index is 12.4. The van der Waals surface area contributed by atoms with E-state index in [0.717, 1.165) is 62.4 Å². The molecule has 0 fully saturated rings. The van der Waals surface area contributed by atoms with Crippen molar-refractivity contribution < 1.29 is 13.5 Å². The van der Waals surface area contributed by atoms with Crippen molar-refractivity contribution in [3.05, 3.63) is 47.0 Å². The molecule has 1 aromatic heterocycles. The van der Waals surface area contributed by atoms with Crippen LogP contribution in [0.25, 0.3) is 0 Å². The number of rotatable bonds is 12. The zero-order valence-electron chi connectivity index (χ0n) is 18.4. The number of alkyl halides is 2. The number of imidazole rings is 1. The molecule has 0 aliphatic heterocycles. The van der Waals surface area contributed by atoms with E-state index >= 15 is 0 Å². The molecule has 0 saturated carbocycles. The average Bonchev–Trinajstić information content (AvgIpc) is 2.95. The van der Waals surface area contributed by atoms with Gasteiger partial charge in [-0.25, -0.2) is 4.98 Å². The van der Waals surface area contributed by atoms with Gasteiger partial charge in [-0.1, -0.05) is 38.8 Å². The monoisotopic (exact) mass is 407 g/mol. The fourth-order valence-electron chi connectivity index (χ4n) is 3.67. The SMILES string of the molecule is CCCCN(Cc1c(C)nc(C)n1CCCC)C(C)c1ccc(OC(F)F)cc1. The fourth-order valence-corrected chi connectivity index (χ4v) is 3.67. The number of nitrogens with zero attached hydrogens (tertiary/aromatic N) is 3. The van der Waals surface area contributed by atoms with Crippen LogP contribution < -0.4 is 4.74 Å². The minimum atomic E-state index is -2.80. The van der Waals surface area contributed by atoms with Crippen molar-refractivity contribution in [2.75, 3.05) is 6.54 Å². The molecule has 0 N–H and O–H groups in total. The van der Waals surface area contributed by atoms with Crippen LogP contribution in [0.2, 0.25) is 0 Å². The summed E-state index contributed by atoms with van der Waals surface area (Å²) >= 11 is 0. The Morgan fingerprint density at radius 1 is 1.07 bits per heavy atom. The topological polar surface area (TPSA) is 30.3 Å². The first-order valence-corrected chi connectivity index (χ1v) is 10.7. The predicted molar refractivity (Wildman–Crippen MR) is 113 cm³/mol. The third kappa shape index (κ3) is 6.53. The van der Waals surface area contributed by atoms with Gasteiger partial charge in [0, 0.05) is 19.1 Å². The van der Waals surface area contributed by atoms with Gasteiger partial charge in [0.1, 0.15) is 11.6 Å². The van der Waals surface area contributed by atoms with Crippen molar-refractivity contribution in [3.8, 4) is 5.75 Å². The number of halogens is 2. The summed E-state index contributed by atoms with van der Waals surface area (Å²) in [6.07, 6.45) is 4.52. The Morgan fingerprint density at radius 3 is 2.31 bits per heavy atom. The van der Waals surface area contributed by atoms with Gasteiger partial charge in [0.15, 0.2) is 0 Å². The molecule has 29 heavy (non-hydrogen) atoms. The number of ether oxygens (including phenoxy) is 1. The zero-order valence-corrected chi connectivity index (χ0v) is 18.4. The predicted octanol–water partition coefficient (Wildman–Crippen LogP) is 6.26. The number of aromatic nitrogens is 2. The van der Waals surface area contributed by atoms with Crippen molar-refractivity contribution in [1.29, 1.82) is 0 Å². The van der Waals surface area contributed by atoms with E-state index in [1.807, 2.05) is 12.1 Å². The molecule has 0 radical (unpaired) electrons. The van der Waals surface area contributed by atoms with Crippen LogP contribution in [0.15, 0.2) is 24.3 Å². The summed E-state index contributed by atoms with van der Waals surface area (Å²) in [6.45, 7) is 10.7. The van der Waals surface area contributed by atoms with E-state index in [2.05, 4.69) is 48.8 Å². The van der Waals surface area contributed by atoms with Gasteiger partial charge in [-0.2, -0.15) is 8.78 Å². The van der Waals surface area contributed by atoms with Crippen LogP contribution in [0.4, 0.5) is 8.78 Å². The standard InChI is InChI=1S/C23H35F2N3O/c1-6-8-14-27(16-22-17(3)26-19(5)28(22)15-9-7-2)18(4)20-10-12-21(13-11-20)29-23(24)25/h10-13,18,23H,6-9,14-16H2,1-5H3. The van der Waals surface area contributed by atoms with Crippen LogP contribution in [0, 0.1) is 13.8 Å². The van der Waals surface area contributed by atoms with E-state index in [9.17, 15) is 8.78 Å². The first-order valence-electron chi connectivity index (χ1n) is 10.7. The molecular weight excluding hydrogens is 372 g/mol. The summed E-state index contributed by atoms with van der Waals surface area (Å²) in [5, 5.41) is 0. The molecule has 0 aliphatic rings. The van der Waals surface area contributed by atoms with Crippen molar-refractivity contribution in [2.24, 2.45) is 0 Å². The smallest absolute Gasteiger partial charge is 0.387 e. The molecule has 2 aromatic rings. The zero-order chi connectivity index (χ0) is 21.4. The van der Waals surface area contributed by atoms with Crippen molar-refractivity contribution in [2.45, 2.75) is 86.0 Å². The highest BCUT2D eigenvalue weighted by Gasteiger charge is 2.20. The molecule has 6 heteroatoms. The number of benzene rings is 1. The van der Waals surface area contributed by atoms with Gasteiger partial charge in [-0.05, 0) is 57.9 Å². The molecule has 4 nitrogen and oxygen atoms in total. The Kier molecular flexibility index (Phi) is 9.08.